The van der Waals surface area contributed by atoms with Crippen LogP contribution in [0.5, 0.6) is 0 Å². The molecule has 0 amide bonds. The third-order valence-corrected chi connectivity index (χ3v) is 22.2. The largest absolute Gasteiger partial charge is 0.472 e. The summed E-state index contributed by atoms with van der Waals surface area (Å²) in [5, 5.41) is 20.8. The minimum Gasteiger partial charge on any atom is -0.463 e. The van der Waals surface area contributed by atoms with Gasteiger partial charge in [0, 0.05) is 19.3 Å². The fourth-order valence-electron chi connectivity index (χ4n) is 13.0. The summed E-state index contributed by atoms with van der Waals surface area (Å²) in [5.41, 5.74) is 0. The topological polar surface area (TPSA) is 231 Å². The predicted octanol–water partition coefficient (Wildman–Crippen LogP) is 30.6. The second kappa shape index (κ2) is 95.5. The molecule has 702 valence electrons. The van der Waals surface area contributed by atoms with Gasteiger partial charge in [0.2, 0.25) is 0 Å². The monoisotopic (exact) mass is 1760 g/mol. The summed E-state index contributed by atoms with van der Waals surface area (Å²) >= 11 is 0. The molecule has 0 spiro atoms. The van der Waals surface area contributed by atoms with E-state index in [0.29, 0.717) is 19.3 Å². The highest BCUT2D eigenvalue weighted by Crippen LogP contribution is 2.45. The number of esters is 3. The molecule has 123 heavy (non-hydrogen) atoms. The highest BCUT2D eigenvalue weighted by molar-refractivity contribution is 7.47. The molecule has 0 bridgehead atoms. The summed E-state index contributed by atoms with van der Waals surface area (Å²) in [5.74, 6) is -1.59. The lowest BCUT2D eigenvalue weighted by Crippen LogP contribution is -2.30. The number of carbonyl (C=O) groups excluding carboxylic acids is 3. The van der Waals surface area contributed by atoms with Crippen LogP contribution in [0.25, 0.3) is 0 Å². The Morgan fingerprint density at radius 3 is 0.683 bits per heavy atom. The lowest BCUT2D eigenvalue weighted by molar-refractivity contribution is -0.161. The van der Waals surface area contributed by atoms with E-state index in [9.17, 15) is 43.5 Å². The van der Waals surface area contributed by atoms with E-state index in [-0.39, 0.29) is 19.3 Å². The first-order chi connectivity index (χ1) is 60.2. The number of allylic oxidation sites excluding steroid dienone is 32. The van der Waals surface area contributed by atoms with E-state index in [1.807, 2.05) is 0 Å². The molecule has 4 N–H and O–H groups in total. The smallest absolute Gasteiger partial charge is 0.463 e. The van der Waals surface area contributed by atoms with Crippen molar-refractivity contribution in [2.75, 3.05) is 39.6 Å². The first-order valence-electron chi connectivity index (χ1n) is 48.7. The van der Waals surface area contributed by atoms with Gasteiger partial charge in [0.15, 0.2) is 6.10 Å². The number of rotatable bonds is 91. The average Bonchev–Trinajstić information content (AvgIpc) is 0.900. The molecular weight excluding hydrogens is 1580 g/mol. The Kier molecular flexibility index (Phi) is 91.1. The Morgan fingerprint density at radius 1 is 0.236 bits per heavy atom. The molecule has 0 rings (SSSR count). The minimum absolute atomic E-state index is 0.0792. The zero-order chi connectivity index (χ0) is 89.3. The molecule has 0 fully saturated rings. The Labute approximate surface area is 750 Å². The van der Waals surface area contributed by atoms with Crippen LogP contribution in [0.15, 0.2) is 194 Å². The zero-order valence-corrected chi connectivity index (χ0v) is 79.3. The van der Waals surface area contributed by atoms with Gasteiger partial charge in [-0.3, -0.25) is 32.5 Å². The molecule has 0 aromatic heterocycles. The molecule has 0 aliphatic heterocycles. The molecule has 0 saturated heterocycles. The third kappa shape index (κ3) is 96.9. The summed E-state index contributed by atoms with van der Waals surface area (Å²) in [6.45, 7) is 2.44. The van der Waals surface area contributed by atoms with Crippen LogP contribution in [-0.2, 0) is 55.8 Å². The van der Waals surface area contributed by atoms with Gasteiger partial charge in [-0.15, -0.1) is 0 Å². The van der Waals surface area contributed by atoms with Crippen LogP contribution < -0.4 is 0 Å². The number of phosphoric ester groups is 2. The van der Waals surface area contributed by atoms with E-state index in [1.54, 1.807) is 0 Å². The number of hydrogen-bond donors (Lipinski definition) is 4. The number of unbranched alkanes of at least 4 members (excludes halogenated alkanes) is 36. The number of phosphoric acid groups is 2. The Balaban J connectivity index is 4.58. The molecule has 0 radical (unpaired) electrons. The number of ether oxygens (including phenoxy) is 3. The van der Waals surface area contributed by atoms with Gasteiger partial charge in [0.05, 0.1) is 26.4 Å². The molecule has 5 unspecified atom stereocenters. The van der Waals surface area contributed by atoms with Crippen molar-refractivity contribution in [3.8, 4) is 0 Å². The molecule has 0 aromatic carbocycles. The zero-order valence-electron chi connectivity index (χ0n) is 77.5. The number of carbonyl (C=O) groups is 3. The van der Waals surface area contributed by atoms with Gasteiger partial charge in [-0.2, -0.15) is 0 Å². The minimum atomic E-state index is -4.95. The second-order valence-corrected chi connectivity index (χ2v) is 35.0. The van der Waals surface area contributed by atoms with Crippen LogP contribution in [-0.4, -0.2) is 95.9 Å². The normalized spacial score (nSPS) is 14.6. The maximum atomic E-state index is 13.1. The van der Waals surface area contributed by atoms with Crippen molar-refractivity contribution in [3.63, 3.8) is 0 Å². The number of aliphatic hydroxyl groups is 2. The van der Waals surface area contributed by atoms with E-state index in [0.717, 1.165) is 193 Å². The van der Waals surface area contributed by atoms with Crippen molar-refractivity contribution >= 4 is 33.6 Å². The molecule has 0 heterocycles. The van der Waals surface area contributed by atoms with Crippen LogP contribution in [0, 0.1) is 0 Å². The van der Waals surface area contributed by atoms with Crippen molar-refractivity contribution < 1.29 is 75.8 Å². The summed E-state index contributed by atoms with van der Waals surface area (Å²) in [6.07, 6.45) is 128. The van der Waals surface area contributed by atoms with Gasteiger partial charge >= 0.3 is 33.6 Å². The van der Waals surface area contributed by atoms with Gasteiger partial charge in [-0.25, -0.2) is 9.13 Å². The maximum Gasteiger partial charge on any atom is 0.472 e. The van der Waals surface area contributed by atoms with Crippen molar-refractivity contribution in [1.29, 1.82) is 0 Å². The van der Waals surface area contributed by atoms with E-state index in [4.69, 9.17) is 32.3 Å². The van der Waals surface area contributed by atoms with Crippen LogP contribution in [0.4, 0.5) is 0 Å². The summed E-state index contributed by atoms with van der Waals surface area (Å²) in [6, 6.07) is 0. The maximum absolute atomic E-state index is 13.1. The fraction of sp³-hybridized carbons (Fsp3) is 0.667. The first-order valence-corrected chi connectivity index (χ1v) is 51.7. The Hall–Kier alpha value is -5.61. The Morgan fingerprint density at radius 2 is 0.431 bits per heavy atom. The van der Waals surface area contributed by atoms with Crippen LogP contribution in [0.3, 0.4) is 0 Å². The third-order valence-electron chi connectivity index (χ3n) is 20.3. The number of aliphatic hydroxyl groups excluding tert-OH is 2. The number of hydrogen-bond acceptors (Lipinski definition) is 14. The van der Waals surface area contributed by atoms with Crippen molar-refractivity contribution in [2.24, 2.45) is 0 Å². The van der Waals surface area contributed by atoms with E-state index < -0.39 is 91.5 Å². The standard InChI is InChI=1S/C105H176O16P2/c1-4-7-10-13-16-19-22-25-28-31-34-37-39-41-43-45-47-49-51-53-55-57-59-62-64-67-70-73-76-79-82-85-88-91-103(108)115-94-100(106)95-117-122(111,112)118-96-101(107)97-119-123(113,114)120-99-102(121-105(110)93-90-87-84-81-78-75-72-69-66-61-36-33-30-27-24-21-18-15-12-9-6-3)98-116-104(109)92-89-86-83-80-77-74-71-68-65-63-60-58-56-54-52-50-48-46-44-42-40-38-35-32-29-26-23-20-17-14-11-8-5-2/h7-8,10-11,16-21,25-30,34-38,41-44,47-50,61,69,72,100-102,106-107H,4-6,9,12-15,22-24,31-33,39-40,45-46,51-60,62-68,70-71,73-99H2,1-3H3,(H,111,112)(H,113,114)/b10-7-,11-8-,19-16-,20-17-,21-18-,28-25-,29-26-,30-27-,37-34-,38-35-,43-41-,44-42-,49-47-,50-48-,61-36-,72-69-. The van der Waals surface area contributed by atoms with Crippen molar-refractivity contribution in [2.45, 2.75) is 411 Å². The van der Waals surface area contributed by atoms with Crippen LogP contribution in [0.2, 0.25) is 0 Å². The van der Waals surface area contributed by atoms with Crippen LogP contribution >= 0.6 is 15.6 Å². The van der Waals surface area contributed by atoms with Gasteiger partial charge in [0.1, 0.15) is 25.4 Å². The predicted molar refractivity (Wildman–Crippen MR) is 518 cm³/mol. The van der Waals surface area contributed by atoms with E-state index >= 15 is 0 Å². The lowest BCUT2D eigenvalue weighted by Gasteiger charge is -2.21. The van der Waals surface area contributed by atoms with E-state index in [1.165, 1.54) is 141 Å². The SMILES string of the molecule is CC/C=C\C/C=C\C/C=C\C/C=C\C/C=C\C/C=C\CCCCCCCCCCCCCCCCC(=O)OCC(O)COP(=O)(O)OCC(O)COP(=O)(O)OCC(COC(=O)CCCCCCCCCCCCCCCC/C=C\C/C=C\C/C=C\C/C=C\C/C=C\C/C=C\CC)OC(=O)CCCCCCC/C=C\C/C=C\C/C=C\C/C=C\CCCCC. The summed E-state index contributed by atoms with van der Waals surface area (Å²) in [4.78, 5) is 59.1. The van der Waals surface area contributed by atoms with Gasteiger partial charge in [-0.05, 0) is 167 Å². The summed E-state index contributed by atoms with van der Waals surface area (Å²) in [7, 11) is -9.82. The fourth-order valence-corrected chi connectivity index (χ4v) is 14.6. The molecule has 16 nitrogen and oxygen atoms in total. The van der Waals surface area contributed by atoms with Gasteiger partial charge in [-0.1, -0.05) is 401 Å². The van der Waals surface area contributed by atoms with Gasteiger partial charge in [0.25, 0.3) is 0 Å². The first kappa shape index (κ1) is 117. The second-order valence-electron chi connectivity index (χ2n) is 32.1. The van der Waals surface area contributed by atoms with Crippen molar-refractivity contribution in [3.05, 3.63) is 194 Å². The highest BCUT2D eigenvalue weighted by Gasteiger charge is 2.30. The molecular formula is C105H176O16P2. The average molecular weight is 1760 g/mol. The lowest BCUT2D eigenvalue weighted by atomic mass is 10.0. The molecule has 0 aliphatic carbocycles. The molecule has 5 atom stereocenters. The molecule has 0 aliphatic rings. The molecule has 0 aromatic rings. The quantitative estimate of drug-likeness (QED) is 0.0146. The highest BCUT2D eigenvalue weighted by atomic mass is 31.2. The Bertz CT molecular complexity index is 3020. The van der Waals surface area contributed by atoms with Crippen LogP contribution in [0.1, 0.15) is 393 Å². The molecule has 18 heteroatoms. The molecule has 0 saturated carbocycles. The van der Waals surface area contributed by atoms with Gasteiger partial charge < -0.3 is 34.2 Å². The van der Waals surface area contributed by atoms with E-state index in [2.05, 4.69) is 215 Å². The summed E-state index contributed by atoms with van der Waals surface area (Å²) < 4.78 is 61.6. The van der Waals surface area contributed by atoms with Crippen molar-refractivity contribution in [1.82, 2.24) is 0 Å².